The summed E-state index contributed by atoms with van der Waals surface area (Å²) in [5.74, 6) is 0. The Bertz CT molecular complexity index is 372. The molecule has 1 aliphatic rings. The zero-order chi connectivity index (χ0) is 12.1. The van der Waals surface area contributed by atoms with Crippen LogP contribution in [-0.2, 0) is 6.42 Å². The van der Waals surface area contributed by atoms with Crippen molar-refractivity contribution in [1.82, 2.24) is 10.2 Å². The first-order valence-corrected chi connectivity index (χ1v) is 5.92. The highest BCUT2D eigenvalue weighted by Gasteiger charge is 2.09. The van der Waals surface area contributed by atoms with E-state index in [0.717, 1.165) is 44.7 Å². The molecule has 5 nitrogen and oxygen atoms in total. The molecule has 0 radical (unpaired) electrons. The molecular formula is C12H17N3O2. The molecule has 2 rings (SSSR count). The number of benzene rings is 1. The number of non-ortho nitro benzene ring substituents is 1. The van der Waals surface area contributed by atoms with Crippen LogP contribution in [0.3, 0.4) is 0 Å². The van der Waals surface area contributed by atoms with Crippen LogP contribution in [0.15, 0.2) is 24.3 Å². The number of nitrogens with zero attached hydrogens (tertiary/aromatic N) is 2. The van der Waals surface area contributed by atoms with Crippen molar-refractivity contribution in [3.8, 4) is 0 Å². The van der Waals surface area contributed by atoms with Crippen LogP contribution >= 0.6 is 0 Å². The smallest absolute Gasteiger partial charge is 0.269 e. The zero-order valence-corrected chi connectivity index (χ0v) is 9.76. The predicted octanol–water partition coefficient (Wildman–Crippen LogP) is 1.04. The lowest BCUT2D eigenvalue weighted by Gasteiger charge is -2.27. The van der Waals surface area contributed by atoms with Crippen LogP contribution in [0.5, 0.6) is 0 Å². The molecule has 1 heterocycles. The van der Waals surface area contributed by atoms with Crippen LogP contribution in [0.4, 0.5) is 5.69 Å². The Labute approximate surface area is 101 Å². The molecule has 1 N–H and O–H groups in total. The third-order valence-corrected chi connectivity index (χ3v) is 3.07. The highest BCUT2D eigenvalue weighted by atomic mass is 16.6. The quantitative estimate of drug-likeness (QED) is 0.626. The Morgan fingerprint density at radius 3 is 2.47 bits per heavy atom. The molecule has 0 saturated carbocycles. The fraction of sp³-hybridized carbons (Fsp3) is 0.500. The van der Waals surface area contributed by atoms with Crippen molar-refractivity contribution in [3.63, 3.8) is 0 Å². The van der Waals surface area contributed by atoms with Gasteiger partial charge in [0.15, 0.2) is 0 Å². The van der Waals surface area contributed by atoms with E-state index in [9.17, 15) is 10.1 Å². The van der Waals surface area contributed by atoms with E-state index < -0.39 is 0 Å². The lowest BCUT2D eigenvalue weighted by atomic mass is 10.1. The normalized spacial score (nSPS) is 16.9. The highest BCUT2D eigenvalue weighted by Crippen LogP contribution is 2.12. The van der Waals surface area contributed by atoms with Crippen LogP contribution in [0.25, 0.3) is 0 Å². The maximum atomic E-state index is 10.5. The topological polar surface area (TPSA) is 58.4 Å². The van der Waals surface area contributed by atoms with Gasteiger partial charge in [0, 0.05) is 44.9 Å². The van der Waals surface area contributed by atoms with E-state index in [4.69, 9.17) is 0 Å². The predicted molar refractivity (Wildman–Crippen MR) is 66.1 cm³/mol. The lowest BCUT2D eigenvalue weighted by Crippen LogP contribution is -2.44. The average molecular weight is 235 g/mol. The van der Waals surface area contributed by atoms with E-state index in [1.807, 2.05) is 12.1 Å². The van der Waals surface area contributed by atoms with Gasteiger partial charge in [0.05, 0.1) is 4.92 Å². The van der Waals surface area contributed by atoms with Crippen LogP contribution in [0.2, 0.25) is 0 Å². The van der Waals surface area contributed by atoms with E-state index in [0.29, 0.717) is 0 Å². The molecule has 1 aliphatic heterocycles. The summed E-state index contributed by atoms with van der Waals surface area (Å²) >= 11 is 0. The molecule has 0 aliphatic carbocycles. The van der Waals surface area contributed by atoms with Gasteiger partial charge in [0.1, 0.15) is 0 Å². The summed E-state index contributed by atoms with van der Waals surface area (Å²) in [6.07, 6.45) is 0.956. The van der Waals surface area contributed by atoms with E-state index >= 15 is 0 Å². The van der Waals surface area contributed by atoms with Crippen molar-refractivity contribution >= 4 is 5.69 Å². The summed E-state index contributed by atoms with van der Waals surface area (Å²) in [6, 6.07) is 6.85. The molecule has 0 aromatic heterocycles. The van der Waals surface area contributed by atoms with Crippen molar-refractivity contribution in [2.24, 2.45) is 0 Å². The number of hydrogen-bond acceptors (Lipinski definition) is 4. The average Bonchev–Trinajstić information content (AvgIpc) is 2.38. The summed E-state index contributed by atoms with van der Waals surface area (Å²) in [5, 5.41) is 13.8. The minimum Gasteiger partial charge on any atom is -0.314 e. The molecule has 1 aromatic rings. The van der Waals surface area contributed by atoms with E-state index in [1.54, 1.807) is 12.1 Å². The second-order valence-corrected chi connectivity index (χ2v) is 4.27. The summed E-state index contributed by atoms with van der Waals surface area (Å²) in [7, 11) is 0. The first-order valence-electron chi connectivity index (χ1n) is 5.92. The van der Waals surface area contributed by atoms with Crippen molar-refractivity contribution in [3.05, 3.63) is 39.9 Å². The van der Waals surface area contributed by atoms with Gasteiger partial charge in [-0.3, -0.25) is 10.1 Å². The Balaban J connectivity index is 1.84. The van der Waals surface area contributed by atoms with Gasteiger partial charge in [-0.05, 0) is 12.0 Å². The van der Waals surface area contributed by atoms with Gasteiger partial charge in [0.2, 0.25) is 0 Å². The molecule has 0 amide bonds. The van der Waals surface area contributed by atoms with Crippen LogP contribution in [0, 0.1) is 10.1 Å². The first-order chi connectivity index (χ1) is 8.25. The van der Waals surface area contributed by atoms with Crippen molar-refractivity contribution < 1.29 is 4.92 Å². The van der Waals surface area contributed by atoms with Gasteiger partial charge in [-0.2, -0.15) is 0 Å². The fourth-order valence-corrected chi connectivity index (χ4v) is 2.01. The van der Waals surface area contributed by atoms with Crippen molar-refractivity contribution in [1.29, 1.82) is 0 Å². The Morgan fingerprint density at radius 1 is 1.24 bits per heavy atom. The fourth-order valence-electron chi connectivity index (χ4n) is 2.01. The molecule has 5 heteroatoms. The number of nitro benzene ring substituents is 1. The summed E-state index contributed by atoms with van der Waals surface area (Å²) in [4.78, 5) is 12.6. The molecule has 1 saturated heterocycles. The van der Waals surface area contributed by atoms with E-state index in [2.05, 4.69) is 10.2 Å². The summed E-state index contributed by atoms with van der Waals surface area (Å²) < 4.78 is 0. The van der Waals surface area contributed by atoms with Gasteiger partial charge in [-0.15, -0.1) is 0 Å². The maximum Gasteiger partial charge on any atom is 0.269 e. The third-order valence-electron chi connectivity index (χ3n) is 3.07. The summed E-state index contributed by atoms with van der Waals surface area (Å²) in [5.41, 5.74) is 1.32. The zero-order valence-electron chi connectivity index (χ0n) is 9.76. The largest absolute Gasteiger partial charge is 0.314 e. The van der Waals surface area contributed by atoms with Gasteiger partial charge in [0.25, 0.3) is 5.69 Å². The highest BCUT2D eigenvalue weighted by molar-refractivity contribution is 5.32. The maximum absolute atomic E-state index is 10.5. The van der Waals surface area contributed by atoms with Gasteiger partial charge >= 0.3 is 0 Å². The van der Waals surface area contributed by atoms with Gasteiger partial charge in [-0.1, -0.05) is 12.1 Å². The van der Waals surface area contributed by atoms with Crippen LogP contribution in [0.1, 0.15) is 5.56 Å². The number of rotatable bonds is 4. The first kappa shape index (κ1) is 12.0. The molecule has 0 unspecified atom stereocenters. The number of nitro groups is 1. The Hall–Kier alpha value is -1.46. The number of hydrogen-bond donors (Lipinski definition) is 1. The van der Waals surface area contributed by atoms with E-state index in [-0.39, 0.29) is 10.6 Å². The summed E-state index contributed by atoms with van der Waals surface area (Å²) in [6.45, 7) is 5.32. The van der Waals surface area contributed by atoms with E-state index in [1.165, 1.54) is 0 Å². The van der Waals surface area contributed by atoms with Gasteiger partial charge in [-0.25, -0.2) is 0 Å². The van der Waals surface area contributed by atoms with Crippen LogP contribution in [-0.4, -0.2) is 42.5 Å². The second-order valence-electron chi connectivity index (χ2n) is 4.27. The van der Waals surface area contributed by atoms with Crippen molar-refractivity contribution in [2.75, 3.05) is 32.7 Å². The molecule has 0 spiro atoms. The Morgan fingerprint density at radius 2 is 1.88 bits per heavy atom. The molecule has 1 aromatic carbocycles. The number of nitrogens with one attached hydrogen (secondary N) is 1. The molecule has 0 bridgehead atoms. The van der Waals surface area contributed by atoms with Crippen LogP contribution < -0.4 is 5.32 Å². The molecule has 92 valence electrons. The monoisotopic (exact) mass is 235 g/mol. The molecule has 17 heavy (non-hydrogen) atoms. The van der Waals surface area contributed by atoms with Crippen molar-refractivity contribution in [2.45, 2.75) is 6.42 Å². The molecule has 1 fully saturated rings. The third kappa shape index (κ3) is 3.51. The molecule has 0 atom stereocenters. The standard InChI is InChI=1S/C12H17N3O2/c16-15(17)12-3-1-11(2-4-12)5-8-14-9-6-13-7-10-14/h1-4,13H,5-10H2. The minimum absolute atomic E-state index is 0.163. The Kier molecular flexibility index (Phi) is 4.06. The SMILES string of the molecule is O=[N+]([O-])c1ccc(CCN2CCNCC2)cc1. The van der Waals surface area contributed by atoms with Gasteiger partial charge < -0.3 is 10.2 Å². The molecular weight excluding hydrogens is 218 g/mol. The lowest BCUT2D eigenvalue weighted by molar-refractivity contribution is -0.384. The minimum atomic E-state index is -0.361. The second kappa shape index (κ2) is 5.75. The number of piperazine rings is 1.